The number of rotatable bonds is 6. The second-order valence-electron chi connectivity index (χ2n) is 17.9. The van der Waals surface area contributed by atoms with Crippen molar-refractivity contribution >= 4 is 27.8 Å². The number of hydrogen-bond donors (Lipinski definition) is 0. The summed E-state index contributed by atoms with van der Waals surface area (Å²) in [5.41, 5.74) is 23.5. The molecule has 0 saturated heterocycles. The van der Waals surface area contributed by atoms with E-state index in [-0.39, 0.29) is 0 Å². The zero-order valence-corrected chi connectivity index (χ0v) is 37.0. The molecule has 2 aliphatic rings. The average Bonchev–Trinajstić information content (AvgIpc) is 3.40. The number of benzene rings is 11. The van der Waals surface area contributed by atoms with Gasteiger partial charge in [-0.3, -0.25) is 0 Å². The molecule has 0 amide bonds. The highest BCUT2D eigenvalue weighted by Gasteiger charge is 2.50. The Morgan fingerprint density at radius 2 is 0.657 bits per heavy atom. The molecule has 0 heterocycles. The Hall–Kier alpha value is -8.52. The summed E-state index contributed by atoms with van der Waals surface area (Å²) < 4.78 is 0. The summed E-state index contributed by atoms with van der Waals surface area (Å²) in [4.78, 5) is 2.33. The van der Waals surface area contributed by atoms with Crippen LogP contribution < -0.4 is 4.90 Å². The van der Waals surface area contributed by atoms with Crippen molar-refractivity contribution in [3.8, 4) is 55.6 Å². The molecule has 1 nitrogen and oxygen atoms in total. The van der Waals surface area contributed by atoms with Crippen molar-refractivity contribution in [1.82, 2.24) is 0 Å². The van der Waals surface area contributed by atoms with E-state index in [0.29, 0.717) is 0 Å². The summed E-state index contributed by atoms with van der Waals surface area (Å²) >= 11 is 0. The van der Waals surface area contributed by atoms with E-state index in [4.69, 9.17) is 0 Å². The van der Waals surface area contributed by atoms with E-state index in [9.17, 15) is 0 Å². The molecule has 1 heteroatoms. The maximum atomic E-state index is 2.43. The number of nitrogens with zero attached hydrogens (tertiary/aromatic N) is 1. The summed E-state index contributed by atoms with van der Waals surface area (Å²) in [6, 6.07) is 96.4. The minimum atomic E-state index is -0.462. The predicted octanol–water partition coefficient (Wildman–Crippen LogP) is 17.2. The third kappa shape index (κ3) is 6.23. The SMILES string of the molecule is c1ccc(-c2ccc(N(c3ccccc3)c3ccc(-c4ccc(-c5ccc6c7c(cccc57)C65c6ccccc6-c6ccccc6Cc6ccccc6-c6ccccc65)cc4)cc3)cc2)cc1. The Morgan fingerprint density at radius 3 is 1.22 bits per heavy atom. The fraction of sp³-hybridized carbons (Fsp3) is 0.0303. The Bertz CT molecular complexity index is 3520. The standard InChI is InChI=1S/C66H45N/c1-3-16-45(17-4-1)47-34-38-53(39-35-47)67(52-20-5-2-6-21-52)54-40-36-48(37-41-54)46-30-32-49(33-31-46)57-42-43-64-65-60(57)26-15-29-63(65)66(64)61-27-13-11-24-58(61)55-22-9-7-18-50(55)44-51-19-8-10-23-56(51)59-25-12-14-28-62(59)66/h1-43H,44H2. The van der Waals surface area contributed by atoms with Crippen LogP contribution in [0.15, 0.2) is 261 Å². The molecular formula is C66H45N. The van der Waals surface area contributed by atoms with Crippen molar-refractivity contribution in [1.29, 1.82) is 0 Å². The zero-order valence-electron chi connectivity index (χ0n) is 37.0. The summed E-state index contributed by atoms with van der Waals surface area (Å²) in [5, 5.41) is 2.66. The maximum absolute atomic E-state index is 2.43. The molecule has 0 N–H and O–H groups in total. The molecule has 0 aromatic heterocycles. The van der Waals surface area contributed by atoms with Crippen molar-refractivity contribution in [2.75, 3.05) is 4.90 Å². The van der Waals surface area contributed by atoms with E-state index >= 15 is 0 Å². The first-order valence-corrected chi connectivity index (χ1v) is 23.4. The molecule has 2 aliphatic carbocycles. The summed E-state index contributed by atoms with van der Waals surface area (Å²) in [5.74, 6) is 0. The zero-order chi connectivity index (χ0) is 44.3. The minimum Gasteiger partial charge on any atom is -0.311 e. The largest absolute Gasteiger partial charge is 0.311 e. The lowest BCUT2D eigenvalue weighted by molar-refractivity contribution is 0.726. The molecule has 0 bridgehead atoms. The highest BCUT2D eigenvalue weighted by molar-refractivity contribution is 6.09. The van der Waals surface area contributed by atoms with Gasteiger partial charge in [-0.15, -0.1) is 0 Å². The van der Waals surface area contributed by atoms with Crippen LogP contribution in [0.3, 0.4) is 0 Å². The molecule has 0 aliphatic heterocycles. The number of hydrogen-bond acceptors (Lipinski definition) is 1. The van der Waals surface area contributed by atoms with Crippen molar-refractivity contribution in [2.24, 2.45) is 0 Å². The van der Waals surface area contributed by atoms with Crippen LogP contribution >= 0.6 is 0 Å². The Balaban J connectivity index is 0.877. The van der Waals surface area contributed by atoms with E-state index in [2.05, 4.69) is 266 Å². The first-order chi connectivity index (χ1) is 33.2. The highest BCUT2D eigenvalue weighted by atomic mass is 15.1. The average molecular weight is 852 g/mol. The second-order valence-corrected chi connectivity index (χ2v) is 17.9. The normalized spacial score (nSPS) is 12.8. The number of fused-ring (bicyclic) bond motifs is 10. The third-order valence-corrected chi connectivity index (χ3v) is 14.4. The molecule has 13 rings (SSSR count). The number of para-hydroxylation sites is 1. The second kappa shape index (κ2) is 15.9. The highest BCUT2D eigenvalue weighted by Crippen LogP contribution is 2.61. The summed E-state index contributed by atoms with van der Waals surface area (Å²) in [6.07, 6.45) is 0.874. The Morgan fingerprint density at radius 1 is 0.254 bits per heavy atom. The topological polar surface area (TPSA) is 3.24 Å². The van der Waals surface area contributed by atoms with Crippen LogP contribution in [0.1, 0.15) is 33.4 Å². The van der Waals surface area contributed by atoms with E-state index in [0.717, 1.165) is 23.5 Å². The fourth-order valence-corrected chi connectivity index (χ4v) is 11.4. The van der Waals surface area contributed by atoms with Crippen LogP contribution in [0.2, 0.25) is 0 Å². The lowest BCUT2D eigenvalue weighted by atomic mass is 9.53. The van der Waals surface area contributed by atoms with Crippen LogP contribution in [0.4, 0.5) is 17.1 Å². The third-order valence-electron chi connectivity index (χ3n) is 14.4. The first-order valence-electron chi connectivity index (χ1n) is 23.4. The smallest absolute Gasteiger partial charge is 0.0725 e. The van der Waals surface area contributed by atoms with Gasteiger partial charge in [0.2, 0.25) is 0 Å². The predicted molar refractivity (Wildman–Crippen MR) is 280 cm³/mol. The molecule has 67 heavy (non-hydrogen) atoms. The minimum absolute atomic E-state index is 0.462. The molecule has 1 spiro atoms. The molecule has 0 fully saturated rings. The van der Waals surface area contributed by atoms with Gasteiger partial charge in [-0.25, -0.2) is 0 Å². The summed E-state index contributed by atoms with van der Waals surface area (Å²) in [7, 11) is 0. The lowest BCUT2D eigenvalue weighted by Crippen LogP contribution is -2.39. The van der Waals surface area contributed by atoms with E-state index < -0.39 is 5.41 Å². The molecule has 0 radical (unpaired) electrons. The van der Waals surface area contributed by atoms with Crippen LogP contribution in [0.25, 0.3) is 66.4 Å². The first kappa shape index (κ1) is 38.9. The fourth-order valence-electron chi connectivity index (χ4n) is 11.4. The van der Waals surface area contributed by atoms with Crippen LogP contribution in [-0.2, 0) is 11.8 Å². The van der Waals surface area contributed by atoms with Crippen molar-refractivity contribution in [3.63, 3.8) is 0 Å². The molecule has 0 unspecified atom stereocenters. The van der Waals surface area contributed by atoms with Gasteiger partial charge in [0.05, 0.1) is 5.41 Å². The Kier molecular flexibility index (Phi) is 9.21. The van der Waals surface area contributed by atoms with Crippen LogP contribution in [0, 0.1) is 0 Å². The van der Waals surface area contributed by atoms with Crippen LogP contribution in [-0.4, -0.2) is 0 Å². The van der Waals surface area contributed by atoms with Crippen LogP contribution in [0.5, 0.6) is 0 Å². The van der Waals surface area contributed by atoms with Gasteiger partial charge >= 0.3 is 0 Å². The maximum Gasteiger partial charge on any atom is 0.0725 e. The van der Waals surface area contributed by atoms with Gasteiger partial charge in [0, 0.05) is 17.1 Å². The van der Waals surface area contributed by atoms with E-state index in [1.54, 1.807) is 0 Å². The van der Waals surface area contributed by atoms with Gasteiger partial charge < -0.3 is 4.90 Å². The quantitative estimate of drug-likeness (QED) is 0.161. The van der Waals surface area contributed by atoms with E-state index in [1.165, 1.54) is 99.8 Å². The van der Waals surface area contributed by atoms with Gasteiger partial charge in [0.25, 0.3) is 0 Å². The van der Waals surface area contributed by atoms with Crippen molar-refractivity contribution < 1.29 is 0 Å². The molecule has 0 saturated carbocycles. The van der Waals surface area contributed by atoms with Gasteiger partial charge in [-0.2, -0.15) is 0 Å². The molecule has 11 aromatic carbocycles. The van der Waals surface area contributed by atoms with Crippen molar-refractivity contribution in [2.45, 2.75) is 11.8 Å². The monoisotopic (exact) mass is 851 g/mol. The molecular weight excluding hydrogens is 807 g/mol. The van der Waals surface area contributed by atoms with Gasteiger partial charge in [-0.05, 0) is 143 Å². The van der Waals surface area contributed by atoms with Gasteiger partial charge in [-0.1, -0.05) is 224 Å². The van der Waals surface area contributed by atoms with Gasteiger partial charge in [0.15, 0.2) is 0 Å². The lowest BCUT2D eigenvalue weighted by Gasteiger charge is -2.48. The number of anilines is 3. The molecule has 11 aromatic rings. The molecule has 0 atom stereocenters. The van der Waals surface area contributed by atoms with E-state index in [1.807, 2.05) is 0 Å². The Labute approximate surface area is 392 Å². The van der Waals surface area contributed by atoms with Crippen molar-refractivity contribution in [3.05, 3.63) is 294 Å². The van der Waals surface area contributed by atoms with Gasteiger partial charge in [0.1, 0.15) is 0 Å². The molecule has 314 valence electrons. The summed E-state index contributed by atoms with van der Waals surface area (Å²) in [6.45, 7) is 0.